The van der Waals surface area contributed by atoms with E-state index >= 15 is 0 Å². The number of benzene rings is 2. The van der Waals surface area contributed by atoms with Crippen LogP contribution in [0.15, 0.2) is 47.4 Å². The number of thioether (sulfide) groups is 1. The van der Waals surface area contributed by atoms with Crippen LogP contribution in [0, 0.1) is 0 Å². The molecule has 2 aromatic carbocycles. The minimum absolute atomic E-state index is 0.0493. The van der Waals surface area contributed by atoms with Crippen LogP contribution in [-0.4, -0.2) is 24.2 Å². The van der Waals surface area contributed by atoms with E-state index in [-0.39, 0.29) is 17.1 Å². The van der Waals surface area contributed by atoms with Crippen LogP contribution in [0.25, 0.3) is 0 Å². The quantitative estimate of drug-likeness (QED) is 0.839. The Bertz CT molecular complexity index is 702. The third kappa shape index (κ3) is 2.94. The predicted octanol–water partition coefficient (Wildman–Crippen LogP) is 4.51. The first-order valence-corrected chi connectivity index (χ1v) is 8.25. The first-order chi connectivity index (χ1) is 10.6. The Morgan fingerprint density at radius 1 is 1.23 bits per heavy atom. The number of hydrogen-bond acceptors (Lipinski definition) is 4. The highest BCUT2D eigenvalue weighted by Crippen LogP contribution is 2.40. The first-order valence-electron chi connectivity index (χ1n) is 6.99. The molecule has 0 fully saturated rings. The van der Waals surface area contributed by atoms with Crippen LogP contribution in [0.5, 0.6) is 5.75 Å². The molecule has 1 aliphatic rings. The topological polar surface area (TPSA) is 38.3 Å². The molecule has 22 heavy (non-hydrogen) atoms. The van der Waals surface area contributed by atoms with Crippen LogP contribution in [0.1, 0.15) is 17.3 Å². The number of rotatable bonds is 3. The number of Topliss-reactive ketones (excluding diaryl/α,β-unsaturated/α-hetero) is 1. The zero-order chi connectivity index (χ0) is 15.7. The van der Waals surface area contributed by atoms with Gasteiger partial charge in [-0.05, 0) is 49.4 Å². The summed E-state index contributed by atoms with van der Waals surface area (Å²) < 4.78 is 5.13. The lowest BCUT2D eigenvalue weighted by Gasteiger charge is -2.31. The van der Waals surface area contributed by atoms with Crippen molar-refractivity contribution in [1.82, 2.24) is 0 Å². The lowest BCUT2D eigenvalue weighted by atomic mass is 10.0. The van der Waals surface area contributed by atoms with Crippen molar-refractivity contribution in [2.24, 2.45) is 0 Å². The third-order valence-electron chi connectivity index (χ3n) is 3.67. The predicted molar refractivity (Wildman–Crippen MR) is 91.5 cm³/mol. The molecule has 0 radical (unpaired) electrons. The largest absolute Gasteiger partial charge is 0.497 e. The summed E-state index contributed by atoms with van der Waals surface area (Å²) >= 11 is 7.62. The highest BCUT2D eigenvalue weighted by atomic mass is 35.5. The van der Waals surface area contributed by atoms with Gasteiger partial charge in [0, 0.05) is 27.2 Å². The third-order valence-corrected chi connectivity index (χ3v) is 5.37. The van der Waals surface area contributed by atoms with Gasteiger partial charge in [0.2, 0.25) is 0 Å². The van der Waals surface area contributed by atoms with Crippen molar-refractivity contribution in [3.8, 4) is 5.75 Å². The lowest BCUT2D eigenvalue weighted by molar-refractivity contribution is 0.0985. The lowest BCUT2D eigenvalue weighted by Crippen LogP contribution is -2.37. The Labute approximate surface area is 139 Å². The van der Waals surface area contributed by atoms with E-state index in [1.165, 1.54) is 0 Å². The van der Waals surface area contributed by atoms with Gasteiger partial charge in [-0.15, -0.1) is 11.8 Å². The van der Waals surface area contributed by atoms with Crippen LogP contribution in [0.4, 0.5) is 5.69 Å². The fraction of sp³-hybridized carbons (Fsp3) is 0.235. The summed E-state index contributed by atoms with van der Waals surface area (Å²) in [4.78, 5) is 13.8. The van der Waals surface area contributed by atoms with Crippen molar-refractivity contribution >= 4 is 34.8 Å². The molecule has 2 aromatic rings. The maximum atomic E-state index is 12.8. The number of halogens is 1. The number of hydrogen-bond donors (Lipinski definition) is 1. The van der Waals surface area contributed by atoms with E-state index in [9.17, 15) is 4.79 Å². The molecular formula is C17H16ClNO2S. The van der Waals surface area contributed by atoms with Gasteiger partial charge < -0.3 is 10.1 Å². The molecule has 0 aromatic heterocycles. The molecule has 1 N–H and O–H groups in total. The van der Waals surface area contributed by atoms with Crippen molar-refractivity contribution in [3.05, 3.63) is 53.1 Å². The number of fused-ring (bicyclic) bond motifs is 1. The minimum Gasteiger partial charge on any atom is -0.497 e. The highest BCUT2D eigenvalue weighted by molar-refractivity contribution is 8.01. The summed E-state index contributed by atoms with van der Waals surface area (Å²) in [7, 11) is 1.61. The van der Waals surface area contributed by atoms with Crippen molar-refractivity contribution < 1.29 is 9.53 Å². The van der Waals surface area contributed by atoms with Gasteiger partial charge in [0.15, 0.2) is 5.78 Å². The monoisotopic (exact) mass is 333 g/mol. The van der Waals surface area contributed by atoms with Crippen LogP contribution in [0.3, 0.4) is 0 Å². The number of anilines is 1. The van der Waals surface area contributed by atoms with Crippen LogP contribution in [0.2, 0.25) is 5.02 Å². The molecule has 5 heteroatoms. The SMILES string of the molecule is COc1ccc(C(=O)C2Sc3cc(Cl)ccc3NC2C)cc1. The number of ketones is 1. The second-order valence-corrected chi connectivity index (χ2v) is 6.82. The Kier molecular flexibility index (Phi) is 4.32. The summed E-state index contributed by atoms with van der Waals surface area (Å²) in [5.41, 5.74) is 1.72. The molecule has 3 rings (SSSR count). The van der Waals surface area contributed by atoms with Crippen molar-refractivity contribution in [2.75, 3.05) is 12.4 Å². The number of carbonyl (C=O) groups is 1. The van der Waals surface area contributed by atoms with Crippen molar-refractivity contribution in [3.63, 3.8) is 0 Å². The van der Waals surface area contributed by atoms with Gasteiger partial charge in [-0.25, -0.2) is 0 Å². The Morgan fingerprint density at radius 2 is 1.95 bits per heavy atom. The molecule has 0 amide bonds. The second kappa shape index (κ2) is 6.23. The Balaban J connectivity index is 1.86. The molecule has 0 saturated carbocycles. The first kappa shape index (κ1) is 15.3. The van der Waals surface area contributed by atoms with Crippen LogP contribution < -0.4 is 10.1 Å². The Hall–Kier alpha value is -1.65. The highest BCUT2D eigenvalue weighted by Gasteiger charge is 2.32. The van der Waals surface area contributed by atoms with Crippen molar-refractivity contribution in [1.29, 1.82) is 0 Å². The van der Waals surface area contributed by atoms with E-state index in [4.69, 9.17) is 16.3 Å². The molecule has 1 heterocycles. The van der Waals surface area contributed by atoms with E-state index in [2.05, 4.69) is 5.32 Å². The number of ether oxygens (including phenoxy) is 1. The smallest absolute Gasteiger partial charge is 0.178 e. The zero-order valence-electron chi connectivity index (χ0n) is 12.3. The number of carbonyl (C=O) groups excluding carboxylic acids is 1. The summed E-state index contributed by atoms with van der Waals surface area (Å²) in [5.74, 6) is 0.856. The van der Waals surface area contributed by atoms with E-state index < -0.39 is 0 Å². The molecule has 1 aliphatic heterocycles. The minimum atomic E-state index is -0.181. The fourth-order valence-corrected chi connectivity index (χ4v) is 3.95. The standard InChI is InChI=1S/C17H16ClNO2S/c1-10-17(16(20)11-3-6-13(21-2)7-4-11)22-15-9-12(18)5-8-14(15)19-10/h3-10,17,19H,1-2H3. The van der Waals surface area contributed by atoms with Crippen LogP contribution >= 0.6 is 23.4 Å². The molecule has 0 aliphatic carbocycles. The second-order valence-electron chi connectivity index (χ2n) is 5.20. The van der Waals surface area contributed by atoms with Crippen molar-refractivity contribution in [2.45, 2.75) is 23.1 Å². The van der Waals surface area contributed by atoms with Gasteiger partial charge in [0.1, 0.15) is 5.75 Å². The molecular weight excluding hydrogens is 318 g/mol. The van der Waals surface area contributed by atoms with E-state index in [0.29, 0.717) is 10.6 Å². The van der Waals surface area contributed by atoms with Gasteiger partial charge in [-0.2, -0.15) is 0 Å². The fourth-order valence-electron chi connectivity index (χ4n) is 2.47. The molecule has 0 bridgehead atoms. The molecule has 0 saturated heterocycles. The summed E-state index contributed by atoms with van der Waals surface area (Å²) in [6.07, 6.45) is 0. The molecule has 3 nitrogen and oxygen atoms in total. The summed E-state index contributed by atoms with van der Waals surface area (Å²) in [6, 6.07) is 13.0. The van der Waals surface area contributed by atoms with E-state index in [1.54, 1.807) is 18.9 Å². The van der Waals surface area contributed by atoms with Crippen LogP contribution in [-0.2, 0) is 0 Å². The number of methoxy groups -OCH3 is 1. The van der Waals surface area contributed by atoms with Gasteiger partial charge in [-0.1, -0.05) is 11.6 Å². The van der Waals surface area contributed by atoms with Gasteiger partial charge >= 0.3 is 0 Å². The zero-order valence-corrected chi connectivity index (χ0v) is 13.9. The molecule has 114 valence electrons. The van der Waals surface area contributed by atoms with Gasteiger partial charge in [-0.3, -0.25) is 4.79 Å². The average molecular weight is 334 g/mol. The number of nitrogens with one attached hydrogen (secondary N) is 1. The maximum absolute atomic E-state index is 12.8. The van der Waals surface area contributed by atoms with Gasteiger partial charge in [0.05, 0.1) is 12.4 Å². The average Bonchev–Trinajstić information content (AvgIpc) is 2.54. The summed E-state index contributed by atoms with van der Waals surface area (Å²) in [6.45, 7) is 2.02. The summed E-state index contributed by atoms with van der Waals surface area (Å²) in [5, 5.41) is 3.88. The van der Waals surface area contributed by atoms with E-state index in [1.807, 2.05) is 49.4 Å². The maximum Gasteiger partial charge on any atom is 0.178 e. The Morgan fingerprint density at radius 3 is 2.64 bits per heavy atom. The molecule has 2 unspecified atom stereocenters. The molecule has 0 spiro atoms. The van der Waals surface area contributed by atoms with E-state index in [0.717, 1.165) is 16.3 Å². The normalized spacial score (nSPS) is 20.0. The van der Waals surface area contributed by atoms with Gasteiger partial charge in [0.25, 0.3) is 0 Å². The molecule has 2 atom stereocenters.